The van der Waals surface area contributed by atoms with Crippen LogP contribution in [0.25, 0.3) is 0 Å². The zero-order chi connectivity index (χ0) is 15.8. The van der Waals surface area contributed by atoms with Crippen LogP contribution >= 0.6 is 0 Å². The molecular weight excluding hydrogens is 286 g/mol. The summed E-state index contributed by atoms with van der Waals surface area (Å²) in [5.41, 5.74) is 0. The molecule has 2 heterocycles. The van der Waals surface area contributed by atoms with Gasteiger partial charge in [-0.2, -0.15) is 0 Å². The summed E-state index contributed by atoms with van der Waals surface area (Å²) in [7, 11) is 1.61. The SMILES string of the molecule is COCC[C@@H](NC(=O)N[C@H]1CCCCNC1=O)c1ccco1. The Labute approximate surface area is 129 Å². The Bertz CT molecular complexity index is 475. The minimum absolute atomic E-state index is 0.126. The minimum Gasteiger partial charge on any atom is -0.467 e. The lowest BCUT2D eigenvalue weighted by atomic mass is 10.1. The topological polar surface area (TPSA) is 92.6 Å². The van der Waals surface area contributed by atoms with Gasteiger partial charge < -0.3 is 25.1 Å². The van der Waals surface area contributed by atoms with Crippen LogP contribution in [0, 0.1) is 0 Å². The molecule has 0 spiro atoms. The van der Waals surface area contributed by atoms with E-state index >= 15 is 0 Å². The largest absolute Gasteiger partial charge is 0.467 e. The van der Waals surface area contributed by atoms with Crippen LogP contribution in [-0.2, 0) is 9.53 Å². The van der Waals surface area contributed by atoms with E-state index in [9.17, 15) is 9.59 Å². The second-order valence-electron chi connectivity index (χ2n) is 5.31. The van der Waals surface area contributed by atoms with Crippen molar-refractivity contribution in [1.82, 2.24) is 16.0 Å². The number of furan rings is 1. The molecule has 0 saturated carbocycles. The molecule has 0 aliphatic carbocycles. The van der Waals surface area contributed by atoms with Crippen molar-refractivity contribution in [1.29, 1.82) is 0 Å². The second-order valence-corrected chi connectivity index (χ2v) is 5.31. The van der Waals surface area contributed by atoms with Gasteiger partial charge >= 0.3 is 6.03 Å². The normalized spacial score (nSPS) is 19.9. The van der Waals surface area contributed by atoms with Crippen LogP contribution in [0.15, 0.2) is 22.8 Å². The molecule has 1 saturated heterocycles. The number of ether oxygens (including phenoxy) is 1. The predicted molar refractivity (Wildman–Crippen MR) is 80.3 cm³/mol. The van der Waals surface area contributed by atoms with Gasteiger partial charge in [-0.1, -0.05) is 0 Å². The Morgan fingerprint density at radius 1 is 1.55 bits per heavy atom. The lowest BCUT2D eigenvalue weighted by molar-refractivity contribution is -0.122. The van der Waals surface area contributed by atoms with Crippen LogP contribution in [-0.4, -0.2) is 38.2 Å². The van der Waals surface area contributed by atoms with E-state index in [1.807, 2.05) is 0 Å². The van der Waals surface area contributed by atoms with Crippen LogP contribution in [0.1, 0.15) is 37.5 Å². The molecule has 122 valence electrons. The number of urea groups is 1. The van der Waals surface area contributed by atoms with Gasteiger partial charge in [0.2, 0.25) is 5.91 Å². The summed E-state index contributed by atoms with van der Waals surface area (Å²) in [6.45, 7) is 1.16. The first kappa shape index (κ1) is 16.4. The number of amides is 3. The van der Waals surface area contributed by atoms with Gasteiger partial charge in [0.05, 0.1) is 12.3 Å². The fourth-order valence-corrected chi connectivity index (χ4v) is 2.45. The predicted octanol–water partition coefficient (Wildman–Crippen LogP) is 1.33. The third kappa shape index (κ3) is 4.77. The number of methoxy groups -OCH3 is 1. The Morgan fingerprint density at radius 2 is 2.41 bits per heavy atom. The number of nitrogens with one attached hydrogen (secondary N) is 3. The molecule has 0 aromatic carbocycles. The fraction of sp³-hybridized carbons (Fsp3) is 0.600. The van der Waals surface area contributed by atoms with Crippen LogP contribution in [0.4, 0.5) is 4.79 Å². The van der Waals surface area contributed by atoms with Crippen molar-refractivity contribution in [3.05, 3.63) is 24.2 Å². The summed E-state index contributed by atoms with van der Waals surface area (Å²) in [6, 6.07) is 2.43. The maximum absolute atomic E-state index is 12.2. The van der Waals surface area contributed by atoms with Crippen molar-refractivity contribution < 1.29 is 18.7 Å². The van der Waals surface area contributed by atoms with Crippen molar-refractivity contribution in [3.63, 3.8) is 0 Å². The van der Waals surface area contributed by atoms with E-state index in [1.54, 1.807) is 25.5 Å². The lowest BCUT2D eigenvalue weighted by Gasteiger charge is -2.20. The number of hydrogen-bond donors (Lipinski definition) is 3. The zero-order valence-corrected chi connectivity index (χ0v) is 12.8. The number of rotatable bonds is 6. The average Bonchev–Trinajstić information content (AvgIpc) is 2.96. The third-order valence-corrected chi connectivity index (χ3v) is 3.64. The van der Waals surface area contributed by atoms with E-state index in [1.165, 1.54) is 0 Å². The van der Waals surface area contributed by atoms with E-state index in [4.69, 9.17) is 9.15 Å². The number of carbonyl (C=O) groups is 2. The van der Waals surface area contributed by atoms with Crippen LogP contribution in [0.3, 0.4) is 0 Å². The van der Waals surface area contributed by atoms with Gasteiger partial charge in [0, 0.05) is 20.3 Å². The van der Waals surface area contributed by atoms with Gasteiger partial charge in [0.15, 0.2) is 0 Å². The van der Waals surface area contributed by atoms with Crippen molar-refractivity contribution in [3.8, 4) is 0 Å². The van der Waals surface area contributed by atoms with Gasteiger partial charge in [-0.15, -0.1) is 0 Å². The molecule has 0 bridgehead atoms. The standard InChI is InChI=1S/C15H23N3O4/c1-21-10-7-11(13-6-4-9-22-13)17-15(20)18-12-5-2-3-8-16-14(12)19/h4,6,9,11-12H,2-3,5,7-8,10H2,1H3,(H,16,19)(H2,17,18,20)/t11-,12+/m1/s1. The van der Waals surface area contributed by atoms with Gasteiger partial charge in [-0.3, -0.25) is 4.79 Å². The average molecular weight is 309 g/mol. The molecule has 2 atom stereocenters. The summed E-state index contributed by atoms with van der Waals surface area (Å²) in [4.78, 5) is 24.0. The Kier molecular flexibility index (Phi) is 6.27. The first-order valence-corrected chi connectivity index (χ1v) is 7.58. The summed E-state index contributed by atoms with van der Waals surface area (Å²) in [5, 5.41) is 8.37. The van der Waals surface area contributed by atoms with Crippen molar-refractivity contribution in [2.75, 3.05) is 20.3 Å². The van der Waals surface area contributed by atoms with Crippen LogP contribution < -0.4 is 16.0 Å². The van der Waals surface area contributed by atoms with Gasteiger partial charge in [0.25, 0.3) is 0 Å². The van der Waals surface area contributed by atoms with E-state index < -0.39 is 6.04 Å². The smallest absolute Gasteiger partial charge is 0.316 e. The Hall–Kier alpha value is -2.02. The van der Waals surface area contributed by atoms with Crippen LogP contribution in [0.2, 0.25) is 0 Å². The maximum Gasteiger partial charge on any atom is 0.316 e. The van der Waals surface area contributed by atoms with Gasteiger partial charge in [-0.05, 0) is 37.8 Å². The van der Waals surface area contributed by atoms with E-state index in [2.05, 4.69) is 16.0 Å². The molecule has 1 aromatic heterocycles. The van der Waals surface area contributed by atoms with Gasteiger partial charge in [-0.25, -0.2) is 4.79 Å². The molecule has 3 N–H and O–H groups in total. The molecule has 3 amide bonds. The molecule has 1 fully saturated rings. The summed E-state index contributed by atoms with van der Waals surface area (Å²) >= 11 is 0. The highest BCUT2D eigenvalue weighted by Gasteiger charge is 2.24. The van der Waals surface area contributed by atoms with Crippen LogP contribution in [0.5, 0.6) is 0 Å². The highest BCUT2D eigenvalue weighted by Crippen LogP contribution is 2.17. The molecule has 0 radical (unpaired) electrons. The first-order valence-electron chi connectivity index (χ1n) is 7.58. The monoisotopic (exact) mass is 309 g/mol. The minimum atomic E-state index is -0.484. The summed E-state index contributed by atoms with van der Waals surface area (Å²) in [6.07, 6.45) is 4.66. The molecule has 2 rings (SSSR count). The second kappa shape index (κ2) is 8.43. The third-order valence-electron chi connectivity index (χ3n) is 3.64. The highest BCUT2D eigenvalue weighted by molar-refractivity contribution is 5.87. The summed E-state index contributed by atoms with van der Waals surface area (Å²) in [5.74, 6) is 0.539. The Balaban J connectivity index is 1.91. The zero-order valence-electron chi connectivity index (χ0n) is 12.8. The van der Waals surface area contributed by atoms with Crippen molar-refractivity contribution >= 4 is 11.9 Å². The lowest BCUT2D eigenvalue weighted by Crippen LogP contribution is -2.49. The molecular formula is C15H23N3O4. The van der Waals surface area contributed by atoms with E-state index in [0.717, 1.165) is 12.8 Å². The number of hydrogen-bond acceptors (Lipinski definition) is 4. The molecule has 1 aromatic rings. The molecule has 1 aliphatic heterocycles. The molecule has 1 aliphatic rings. The highest BCUT2D eigenvalue weighted by atomic mass is 16.5. The maximum atomic E-state index is 12.2. The molecule has 22 heavy (non-hydrogen) atoms. The fourth-order valence-electron chi connectivity index (χ4n) is 2.45. The first-order chi connectivity index (χ1) is 10.7. The molecule has 0 unspecified atom stereocenters. The molecule has 7 nitrogen and oxygen atoms in total. The van der Waals surface area contributed by atoms with E-state index in [-0.39, 0.29) is 18.0 Å². The van der Waals surface area contributed by atoms with E-state index in [0.29, 0.717) is 31.8 Å². The Morgan fingerprint density at radius 3 is 3.14 bits per heavy atom. The summed E-state index contributed by atoms with van der Waals surface area (Å²) < 4.78 is 10.4. The van der Waals surface area contributed by atoms with Crippen molar-refractivity contribution in [2.45, 2.75) is 37.8 Å². The van der Waals surface area contributed by atoms with Gasteiger partial charge in [0.1, 0.15) is 11.8 Å². The van der Waals surface area contributed by atoms with Crippen molar-refractivity contribution in [2.24, 2.45) is 0 Å². The number of carbonyl (C=O) groups excluding carboxylic acids is 2. The quantitative estimate of drug-likeness (QED) is 0.739. The molecule has 7 heteroatoms.